The monoisotopic (exact) mass is 304 g/mol. The average Bonchev–Trinajstić information content (AvgIpc) is 2.75. The Morgan fingerprint density at radius 1 is 1.23 bits per heavy atom. The second-order valence-electron chi connectivity index (χ2n) is 6.97. The van der Waals surface area contributed by atoms with Crippen molar-refractivity contribution in [3.8, 4) is 0 Å². The molecule has 2 aliphatic rings. The molecule has 5 heteroatoms. The van der Waals surface area contributed by atoms with Crippen LogP contribution in [0.5, 0.6) is 0 Å². The zero-order valence-corrected chi connectivity index (χ0v) is 13.9. The van der Waals surface area contributed by atoms with Crippen LogP contribution in [0.2, 0.25) is 0 Å². The van der Waals surface area contributed by atoms with Crippen molar-refractivity contribution >= 4 is 5.91 Å². The molecule has 1 aromatic heterocycles. The fourth-order valence-electron chi connectivity index (χ4n) is 3.41. The van der Waals surface area contributed by atoms with Gasteiger partial charge in [0, 0.05) is 50.9 Å². The molecule has 0 unspecified atom stereocenters. The van der Waals surface area contributed by atoms with E-state index in [1.807, 2.05) is 12.5 Å². The molecule has 1 aromatic rings. The van der Waals surface area contributed by atoms with Crippen LogP contribution >= 0.6 is 0 Å². The lowest BCUT2D eigenvalue weighted by molar-refractivity contribution is -0.138. The molecule has 122 valence electrons. The van der Waals surface area contributed by atoms with Gasteiger partial charge >= 0.3 is 0 Å². The van der Waals surface area contributed by atoms with Crippen LogP contribution < -0.4 is 0 Å². The van der Waals surface area contributed by atoms with Gasteiger partial charge in [0.15, 0.2) is 0 Å². The minimum atomic E-state index is 0.328. The minimum Gasteiger partial charge on any atom is -0.341 e. The summed E-state index contributed by atoms with van der Waals surface area (Å²) in [6.45, 7) is 9.16. The minimum absolute atomic E-state index is 0.328. The van der Waals surface area contributed by atoms with Crippen LogP contribution in [0, 0.1) is 5.92 Å². The zero-order chi connectivity index (χ0) is 15.5. The Morgan fingerprint density at radius 3 is 2.73 bits per heavy atom. The maximum atomic E-state index is 12.4. The van der Waals surface area contributed by atoms with Crippen molar-refractivity contribution in [3.63, 3.8) is 0 Å². The molecule has 0 bridgehead atoms. The first-order valence-corrected chi connectivity index (χ1v) is 8.67. The average molecular weight is 304 g/mol. The van der Waals surface area contributed by atoms with Gasteiger partial charge in [0.2, 0.25) is 5.91 Å². The van der Waals surface area contributed by atoms with Gasteiger partial charge in [-0.2, -0.15) is 0 Å². The van der Waals surface area contributed by atoms with Gasteiger partial charge in [-0.25, -0.2) is 4.98 Å². The molecule has 1 saturated heterocycles. The molecule has 2 heterocycles. The Balaban J connectivity index is 1.56. The number of carbonyl (C=O) groups is 1. The molecule has 0 radical (unpaired) electrons. The topological polar surface area (TPSA) is 41.4 Å². The molecule has 1 amide bonds. The lowest BCUT2D eigenvalue weighted by Gasteiger charge is -2.31. The van der Waals surface area contributed by atoms with Gasteiger partial charge in [-0.1, -0.05) is 6.42 Å². The second kappa shape index (κ2) is 6.82. The van der Waals surface area contributed by atoms with E-state index in [-0.39, 0.29) is 0 Å². The lowest BCUT2D eigenvalue weighted by Crippen LogP contribution is -2.41. The highest BCUT2D eigenvalue weighted by Gasteiger charge is 2.30. The summed E-state index contributed by atoms with van der Waals surface area (Å²) in [5, 5.41) is 0. The largest absolute Gasteiger partial charge is 0.341 e. The summed E-state index contributed by atoms with van der Waals surface area (Å²) in [6, 6.07) is 0.446. The Labute approximate surface area is 133 Å². The number of amides is 1. The van der Waals surface area contributed by atoms with Gasteiger partial charge in [0.25, 0.3) is 0 Å². The van der Waals surface area contributed by atoms with E-state index in [0.717, 1.165) is 52.0 Å². The molecule has 1 saturated carbocycles. The van der Waals surface area contributed by atoms with E-state index in [1.165, 1.54) is 12.1 Å². The Hall–Kier alpha value is -1.36. The van der Waals surface area contributed by atoms with Crippen molar-refractivity contribution in [1.82, 2.24) is 19.4 Å². The molecular formula is C17H28N4O. The second-order valence-corrected chi connectivity index (χ2v) is 6.97. The summed E-state index contributed by atoms with van der Waals surface area (Å²) < 4.78 is 2.24. The van der Waals surface area contributed by atoms with Gasteiger partial charge in [0.1, 0.15) is 0 Å². The number of hydrogen-bond donors (Lipinski definition) is 0. The van der Waals surface area contributed by atoms with Crippen molar-refractivity contribution in [2.24, 2.45) is 5.92 Å². The highest BCUT2D eigenvalue weighted by molar-refractivity contribution is 5.79. The summed E-state index contributed by atoms with van der Waals surface area (Å²) in [7, 11) is 0. The van der Waals surface area contributed by atoms with Crippen LogP contribution in [0.3, 0.4) is 0 Å². The molecule has 0 N–H and O–H groups in total. The van der Waals surface area contributed by atoms with E-state index in [0.29, 0.717) is 17.9 Å². The lowest BCUT2D eigenvalue weighted by atomic mass is 9.84. The normalized spacial score (nSPS) is 21.0. The Bertz CT molecular complexity index is 507. The molecule has 2 fully saturated rings. The van der Waals surface area contributed by atoms with Crippen molar-refractivity contribution in [2.45, 2.75) is 52.1 Å². The molecule has 1 aliphatic heterocycles. The summed E-state index contributed by atoms with van der Waals surface area (Å²) >= 11 is 0. The predicted octanol–water partition coefficient (Wildman–Crippen LogP) is 2.30. The summed E-state index contributed by atoms with van der Waals surface area (Å²) in [5.74, 6) is 0.731. The number of rotatable bonds is 4. The number of aromatic nitrogens is 2. The third-order valence-electron chi connectivity index (χ3n) is 5.04. The van der Waals surface area contributed by atoms with Gasteiger partial charge in [-0.05, 0) is 33.1 Å². The van der Waals surface area contributed by atoms with Crippen LogP contribution in [0.25, 0.3) is 0 Å². The predicted molar refractivity (Wildman–Crippen MR) is 86.4 cm³/mol. The zero-order valence-electron chi connectivity index (χ0n) is 13.9. The van der Waals surface area contributed by atoms with Crippen molar-refractivity contribution in [1.29, 1.82) is 0 Å². The van der Waals surface area contributed by atoms with Gasteiger partial charge in [-0.3, -0.25) is 9.69 Å². The van der Waals surface area contributed by atoms with Crippen molar-refractivity contribution in [2.75, 3.05) is 26.2 Å². The SMILES string of the molecule is CC(C)n1cncc1CN1CCCN(C(=O)C2CCC2)CC1. The Kier molecular flexibility index (Phi) is 4.81. The molecule has 1 aliphatic carbocycles. The number of nitrogens with zero attached hydrogens (tertiary/aromatic N) is 4. The van der Waals surface area contributed by atoms with Crippen LogP contribution in [-0.4, -0.2) is 51.4 Å². The first-order valence-electron chi connectivity index (χ1n) is 8.67. The summed E-state index contributed by atoms with van der Waals surface area (Å²) in [4.78, 5) is 21.2. The molecule has 0 atom stereocenters. The first-order chi connectivity index (χ1) is 10.6. The fourth-order valence-corrected chi connectivity index (χ4v) is 3.41. The van der Waals surface area contributed by atoms with E-state index in [4.69, 9.17) is 0 Å². The van der Waals surface area contributed by atoms with Gasteiger partial charge < -0.3 is 9.47 Å². The molecular weight excluding hydrogens is 276 g/mol. The summed E-state index contributed by atoms with van der Waals surface area (Å²) in [5.41, 5.74) is 1.27. The maximum absolute atomic E-state index is 12.4. The van der Waals surface area contributed by atoms with Gasteiger partial charge in [0.05, 0.1) is 12.0 Å². The van der Waals surface area contributed by atoms with Crippen LogP contribution in [0.15, 0.2) is 12.5 Å². The molecule has 0 spiro atoms. The van der Waals surface area contributed by atoms with E-state index in [1.54, 1.807) is 0 Å². The van der Waals surface area contributed by atoms with E-state index in [2.05, 4.69) is 33.2 Å². The van der Waals surface area contributed by atoms with Crippen LogP contribution in [0.1, 0.15) is 51.3 Å². The van der Waals surface area contributed by atoms with E-state index >= 15 is 0 Å². The van der Waals surface area contributed by atoms with E-state index in [9.17, 15) is 4.79 Å². The summed E-state index contributed by atoms with van der Waals surface area (Å²) in [6.07, 6.45) is 8.41. The third kappa shape index (κ3) is 3.35. The van der Waals surface area contributed by atoms with Gasteiger partial charge in [-0.15, -0.1) is 0 Å². The molecule has 5 nitrogen and oxygen atoms in total. The molecule has 22 heavy (non-hydrogen) atoms. The van der Waals surface area contributed by atoms with E-state index < -0.39 is 0 Å². The highest BCUT2D eigenvalue weighted by atomic mass is 16.2. The Morgan fingerprint density at radius 2 is 2.05 bits per heavy atom. The fraction of sp³-hybridized carbons (Fsp3) is 0.765. The number of hydrogen-bond acceptors (Lipinski definition) is 3. The van der Waals surface area contributed by atoms with Crippen molar-refractivity contribution < 1.29 is 4.79 Å². The molecule has 0 aromatic carbocycles. The molecule has 3 rings (SSSR count). The smallest absolute Gasteiger partial charge is 0.225 e. The standard InChI is InChI=1S/C17H28N4O/c1-14(2)21-13-18-11-16(21)12-19-7-4-8-20(10-9-19)17(22)15-5-3-6-15/h11,13-15H,3-10,12H2,1-2H3. The first kappa shape index (κ1) is 15.5. The maximum Gasteiger partial charge on any atom is 0.225 e. The van der Waals surface area contributed by atoms with Crippen molar-refractivity contribution in [3.05, 3.63) is 18.2 Å². The van der Waals surface area contributed by atoms with Crippen LogP contribution in [0.4, 0.5) is 0 Å². The van der Waals surface area contributed by atoms with Crippen LogP contribution in [-0.2, 0) is 11.3 Å². The number of imidazole rings is 1. The quantitative estimate of drug-likeness (QED) is 0.857. The highest BCUT2D eigenvalue weighted by Crippen LogP contribution is 2.28. The number of carbonyl (C=O) groups excluding carboxylic acids is 1. The third-order valence-corrected chi connectivity index (χ3v) is 5.04.